The van der Waals surface area contributed by atoms with E-state index in [0.717, 1.165) is 12.8 Å². The molecule has 104 valence electrons. The van der Waals surface area contributed by atoms with Crippen LogP contribution < -0.4 is 10.0 Å². The summed E-state index contributed by atoms with van der Waals surface area (Å²) in [5, 5.41) is 15.1. The Morgan fingerprint density at radius 2 is 1.74 bits per heavy atom. The average molecular weight is 282 g/mol. The van der Waals surface area contributed by atoms with E-state index >= 15 is 0 Å². The highest BCUT2D eigenvalue weighted by Gasteiger charge is 2.41. The van der Waals surface area contributed by atoms with Gasteiger partial charge in [-0.1, -0.05) is 12.1 Å². The lowest BCUT2D eigenvalue weighted by Gasteiger charge is -2.39. The second kappa shape index (κ2) is 4.47. The molecule has 2 unspecified atom stereocenters. The van der Waals surface area contributed by atoms with E-state index in [1.165, 1.54) is 0 Å². The van der Waals surface area contributed by atoms with Gasteiger partial charge in [-0.05, 0) is 37.8 Å². The highest BCUT2D eigenvalue weighted by atomic mass is 32.2. The smallest absolute Gasteiger partial charge is 0.240 e. The zero-order valence-corrected chi connectivity index (χ0v) is 11.4. The van der Waals surface area contributed by atoms with Gasteiger partial charge in [-0.2, -0.15) is 0 Å². The number of rotatable bonds is 2. The lowest BCUT2D eigenvalue weighted by atomic mass is 9.99. The van der Waals surface area contributed by atoms with Crippen LogP contribution in [0.5, 0.6) is 0 Å². The van der Waals surface area contributed by atoms with E-state index in [2.05, 4.69) is 4.90 Å². The normalized spacial score (nSPS) is 30.6. The number of fused-ring (bicyclic) bond motifs is 2. The number of benzene rings is 1. The largest absolute Gasteiger partial charge is 0.393 e. The summed E-state index contributed by atoms with van der Waals surface area (Å²) in [5.74, 6) is 0. The van der Waals surface area contributed by atoms with Crippen LogP contribution in [0.1, 0.15) is 25.7 Å². The number of piperidine rings is 1. The summed E-state index contributed by atoms with van der Waals surface area (Å²) in [4.78, 5) is 2.33. The molecule has 3 N–H and O–H groups in total. The molecule has 2 saturated heterocycles. The van der Waals surface area contributed by atoms with Crippen molar-refractivity contribution in [2.24, 2.45) is 5.14 Å². The Bertz CT molecular complexity index is 573. The van der Waals surface area contributed by atoms with Gasteiger partial charge < -0.3 is 10.0 Å². The van der Waals surface area contributed by atoms with E-state index in [1.807, 2.05) is 12.1 Å². The molecule has 19 heavy (non-hydrogen) atoms. The fourth-order valence-electron chi connectivity index (χ4n) is 3.45. The molecule has 6 heteroatoms. The number of nitrogens with two attached hydrogens (primary N) is 1. The Kier molecular flexibility index (Phi) is 3.03. The molecular formula is C13H18N2O3S. The Labute approximate surface area is 113 Å². The topological polar surface area (TPSA) is 83.6 Å². The Morgan fingerprint density at radius 1 is 1.16 bits per heavy atom. The minimum atomic E-state index is -3.72. The molecule has 5 nitrogen and oxygen atoms in total. The quantitative estimate of drug-likeness (QED) is 0.841. The molecule has 0 aromatic heterocycles. The molecule has 2 heterocycles. The predicted octanol–water partition coefficient (Wildman–Crippen LogP) is 0.826. The predicted molar refractivity (Wildman–Crippen MR) is 72.3 cm³/mol. The van der Waals surface area contributed by atoms with Crippen LogP contribution in [0.2, 0.25) is 0 Å². The average Bonchev–Trinajstić information content (AvgIpc) is 2.60. The number of para-hydroxylation sites is 1. The minimum absolute atomic E-state index is 0.184. The fourth-order valence-corrected chi connectivity index (χ4v) is 4.19. The Hall–Kier alpha value is -1.11. The molecular weight excluding hydrogens is 264 g/mol. The maximum atomic E-state index is 11.7. The van der Waals surface area contributed by atoms with Crippen LogP contribution in [-0.4, -0.2) is 31.7 Å². The van der Waals surface area contributed by atoms with Gasteiger partial charge in [0.25, 0.3) is 0 Å². The van der Waals surface area contributed by atoms with E-state index in [1.54, 1.807) is 12.1 Å². The van der Waals surface area contributed by atoms with Crippen molar-refractivity contribution in [2.45, 2.75) is 48.8 Å². The molecule has 3 rings (SSSR count). The number of aliphatic hydroxyl groups excluding tert-OH is 1. The maximum absolute atomic E-state index is 11.7. The monoisotopic (exact) mass is 282 g/mol. The summed E-state index contributed by atoms with van der Waals surface area (Å²) in [6.07, 6.45) is 3.14. The summed E-state index contributed by atoms with van der Waals surface area (Å²) in [7, 11) is -3.72. The zero-order valence-electron chi connectivity index (χ0n) is 10.6. The van der Waals surface area contributed by atoms with Crippen molar-refractivity contribution in [3.63, 3.8) is 0 Å². The third-order valence-corrected chi connectivity index (χ3v) is 5.12. The fraction of sp³-hybridized carbons (Fsp3) is 0.538. The summed E-state index contributed by atoms with van der Waals surface area (Å²) in [6, 6.07) is 7.31. The maximum Gasteiger partial charge on any atom is 0.240 e. The molecule has 0 spiro atoms. The molecule has 0 radical (unpaired) electrons. The van der Waals surface area contributed by atoms with Crippen LogP contribution in [0.3, 0.4) is 0 Å². The Morgan fingerprint density at radius 3 is 2.32 bits per heavy atom. The van der Waals surface area contributed by atoms with Crippen LogP contribution in [0, 0.1) is 0 Å². The van der Waals surface area contributed by atoms with Gasteiger partial charge in [0.2, 0.25) is 10.0 Å². The van der Waals surface area contributed by atoms with Crippen LogP contribution in [0.15, 0.2) is 29.2 Å². The number of primary sulfonamides is 1. The van der Waals surface area contributed by atoms with Crippen molar-refractivity contribution >= 4 is 15.7 Å². The van der Waals surface area contributed by atoms with Crippen LogP contribution in [-0.2, 0) is 10.0 Å². The number of hydrogen-bond acceptors (Lipinski definition) is 4. The standard InChI is InChI=1S/C13H18N2O3S/c14-19(17,18)13-4-2-1-3-12(13)15-9-5-6-10(15)8-11(16)7-9/h1-4,9-11,16H,5-8H2,(H2,14,17,18). The molecule has 0 aliphatic carbocycles. The van der Waals surface area contributed by atoms with Crippen molar-refractivity contribution in [3.8, 4) is 0 Å². The van der Waals surface area contributed by atoms with Crippen molar-refractivity contribution in [2.75, 3.05) is 4.90 Å². The molecule has 1 aromatic carbocycles. The van der Waals surface area contributed by atoms with Gasteiger partial charge in [0.1, 0.15) is 4.90 Å². The van der Waals surface area contributed by atoms with Crippen molar-refractivity contribution in [1.82, 2.24) is 0 Å². The molecule has 2 aliphatic heterocycles. The lowest BCUT2D eigenvalue weighted by Crippen LogP contribution is -2.45. The van der Waals surface area contributed by atoms with Gasteiger partial charge in [0.05, 0.1) is 11.8 Å². The zero-order chi connectivity index (χ0) is 13.6. The third-order valence-electron chi connectivity index (χ3n) is 4.16. The van der Waals surface area contributed by atoms with Gasteiger partial charge in [0, 0.05) is 12.1 Å². The minimum Gasteiger partial charge on any atom is -0.393 e. The molecule has 2 fully saturated rings. The molecule has 1 aromatic rings. The van der Waals surface area contributed by atoms with Gasteiger partial charge in [-0.15, -0.1) is 0 Å². The van der Waals surface area contributed by atoms with Crippen molar-refractivity contribution in [1.29, 1.82) is 0 Å². The van der Waals surface area contributed by atoms with E-state index in [-0.39, 0.29) is 23.1 Å². The van der Waals surface area contributed by atoms with E-state index in [0.29, 0.717) is 18.5 Å². The first-order valence-corrected chi connectivity index (χ1v) is 8.09. The summed E-state index contributed by atoms with van der Waals surface area (Å²) in [5.41, 5.74) is 0.685. The van der Waals surface area contributed by atoms with Crippen molar-refractivity contribution in [3.05, 3.63) is 24.3 Å². The summed E-state index contributed by atoms with van der Waals surface area (Å²) >= 11 is 0. The van der Waals surface area contributed by atoms with Gasteiger partial charge >= 0.3 is 0 Å². The van der Waals surface area contributed by atoms with E-state index in [4.69, 9.17) is 5.14 Å². The highest BCUT2D eigenvalue weighted by Crippen LogP contribution is 2.41. The molecule has 0 amide bonds. The summed E-state index contributed by atoms with van der Waals surface area (Å²) in [6.45, 7) is 0. The Balaban J connectivity index is 2.05. The SMILES string of the molecule is NS(=O)(=O)c1ccccc1N1C2CCC1CC(O)C2. The second-order valence-electron chi connectivity index (χ2n) is 5.43. The first-order chi connectivity index (χ1) is 8.97. The van der Waals surface area contributed by atoms with Crippen LogP contribution in [0.25, 0.3) is 0 Å². The van der Waals surface area contributed by atoms with E-state index < -0.39 is 10.0 Å². The van der Waals surface area contributed by atoms with Gasteiger partial charge in [-0.3, -0.25) is 0 Å². The number of hydrogen-bond donors (Lipinski definition) is 2. The number of aliphatic hydroxyl groups is 1. The first kappa shape index (κ1) is 12.9. The van der Waals surface area contributed by atoms with E-state index in [9.17, 15) is 13.5 Å². The molecule has 0 saturated carbocycles. The summed E-state index contributed by atoms with van der Waals surface area (Å²) < 4.78 is 23.4. The van der Waals surface area contributed by atoms with Crippen LogP contribution in [0.4, 0.5) is 5.69 Å². The van der Waals surface area contributed by atoms with Gasteiger partial charge in [-0.25, -0.2) is 13.6 Å². The highest BCUT2D eigenvalue weighted by molar-refractivity contribution is 7.89. The van der Waals surface area contributed by atoms with Crippen molar-refractivity contribution < 1.29 is 13.5 Å². The van der Waals surface area contributed by atoms with Gasteiger partial charge in [0.15, 0.2) is 0 Å². The lowest BCUT2D eigenvalue weighted by molar-refractivity contribution is 0.126. The molecule has 2 aliphatic rings. The second-order valence-corrected chi connectivity index (χ2v) is 6.96. The number of anilines is 1. The van der Waals surface area contributed by atoms with Crippen LogP contribution >= 0.6 is 0 Å². The number of nitrogens with zero attached hydrogens (tertiary/aromatic N) is 1. The number of sulfonamides is 1. The molecule has 2 atom stereocenters. The third kappa shape index (κ3) is 2.24. The molecule has 2 bridgehead atoms. The first-order valence-electron chi connectivity index (χ1n) is 6.55.